The van der Waals surface area contributed by atoms with Gasteiger partial charge >= 0.3 is 6.18 Å². The maximum Gasteiger partial charge on any atom is 0.416 e. The smallest absolute Gasteiger partial charge is 0.308 e. The summed E-state index contributed by atoms with van der Waals surface area (Å²) in [4.78, 5) is 4.09. The third-order valence-electron chi connectivity index (χ3n) is 14.5. The van der Waals surface area contributed by atoms with Gasteiger partial charge < -0.3 is 9.13 Å². The van der Waals surface area contributed by atoms with Crippen LogP contribution in [0.25, 0.3) is 115 Å². The fraction of sp³-hybridized carbons (Fsp3) is 0.0746. The first-order chi connectivity index (χ1) is 35.8. The molecule has 2 heterocycles. The number of fused-ring (bicyclic) bond motifs is 6. The Bertz CT molecular complexity index is 4110. The summed E-state index contributed by atoms with van der Waals surface area (Å²) in [6.45, 7) is 17.0. The van der Waals surface area contributed by atoms with Crippen molar-refractivity contribution in [2.45, 2.75) is 33.9 Å². The van der Waals surface area contributed by atoms with Crippen molar-refractivity contribution in [2.24, 2.45) is 0 Å². The van der Waals surface area contributed by atoms with Gasteiger partial charge in [0.2, 0.25) is 0 Å². The van der Waals surface area contributed by atoms with Crippen molar-refractivity contribution in [3.63, 3.8) is 0 Å². The SMILES string of the molecule is [C-]#[N+]c1cc(-n2c3ccc(-c4ccc(C)cc4)cc3c3cc(-c4ccc(C)cc4)ccc32)c(-n2c3ccc(-c4ccc(C)cc4)cc3c3cc(-c4ccc(C)cc4)ccc32)cc1-c1ccc(C(F)(F)F)cc1C#N. The van der Waals surface area contributed by atoms with Gasteiger partial charge in [-0.3, -0.25) is 0 Å². The Morgan fingerprint density at radius 2 is 0.716 bits per heavy atom. The molecule has 0 saturated heterocycles. The molecule has 0 saturated carbocycles. The largest absolute Gasteiger partial charge is 0.416 e. The van der Waals surface area contributed by atoms with E-state index in [1.54, 1.807) is 0 Å². The van der Waals surface area contributed by atoms with Crippen molar-refractivity contribution in [3.8, 4) is 73.1 Å². The summed E-state index contributed by atoms with van der Waals surface area (Å²) in [6, 6.07) is 69.0. The number of nitrogens with zero attached hydrogens (tertiary/aromatic N) is 4. The molecule has 0 unspecified atom stereocenters. The first kappa shape index (κ1) is 45.7. The van der Waals surface area contributed by atoms with E-state index in [4.69, 9.17) is 6.57 Å². The van der Waals surface area contributed by atoms with Gasteiger partial charge in [0.15, 0.2) is 5.69 Å². The zero-order chi connectivity index (χ0) is 51.0. The third kappa shape index (κ3) is 7.87. The average molecular weight is 963 g/mol. The fourth-order valence-electron chi connectivity index (χ4n) is 10.5. The molecule has 74 heavy (non-hydrogen) atoms. The molecule has 10 aromatic carbocycles. The number of hydrogen-bond acceptors (Lipinski definition) is 1. The predicted octanol–water partition coefficient (Wildman–Crippen LogP) is 18.9. The fourth-order valence-corrected chi connectivity index (χ4v) is 10.5. The minimum Gasteiger partial charge on any atom is -0.308 e. The molecule has 0 N–H and O–H groups in total. The van der Waals surface area contributed by atoms with E-state index in [0.717, 1.165) is 111 Å². The van der Waals surface area contributed by atoms with Gasteiger partial charge in [0.1, 0.15) is 0 Å². The van der Waals surface area contributed by atoms with Crippen LogP contribution >= 0.6 is 0 Å². The van der Waals surface area contributed by atoms with E-state index in [-0.39, 0.29) is 16.8 Å². The molecule has 12 rings (SSSR count). The first-order valence-electron chi connectivity index (χ1n) is 24.5. The maximum absolute atomic E-state index is 14.2. The minimum absolute atomic E-state index is 0.180. The lowest BCUT2D eigenvalue weighted by Crippen LogP contribution is -2.06. The summed E-state index contributed by atoms with van der Waals surface area (Å²) in [5.41, 5.74) is 17.7. The Kier molecular flexibility index (Phi) is 10.9. The van der Waals surface area contributed by atoms with Crippen LogP contribution in [0.15, 0.2) is 200 Å². The molecule has 0 bridgehead atoms. The number of aromatic nitrogens is 2. The second-order valence-electron chi connectivity index (χ2n) is 19.4. The molecule has 0 spiro atoms. The predicted molar refractivity (Wildman–Crippen MR) is 297 cm³/mol. The number of halogens is 3. The second kappa shape index (κ2) is 17.7. The van der Waals surface area contributed by atoms with Gasteiger partial charge in [-0.1, -0.05) is 150 Å². The van der Waals surface area contributed by atoms with Gasteiger partial charge in [0.05, 0.1) is 57.2 Å². The summed E-state index contributed by atoms with van der Waals surface area (Å²) in [5.74, 6) is 0. The van der Waals surface area contributed by atoms with E-state index in [2.05, 4.69) is 212 Å². The zero-order valence-electron chi connectivity index (χ0n) is 41.0. The quantitative estimate of drug-likeness (QED) is 0.147. The van der Waals surface area contributed by atoms with Crippen LogP contribution in [0.3, 0.4) is 0 Å². The van der Waals surface area contributed by atoms with Gasteiger partial charge in [-0.2, -0.15) is 18.4 Å². The number of nitriles is 1. The summed E-state index contributed by atoms with van der Waals surface area (Å²) >= 11 is 0. The number of hydrogen-bond donors (Lipinski definition) is 0. The monoisotopic (exact) mass is 962 g/mol. The Labute approximate surface area is 426 Å². The van der Waals surface area contributed by atoms with E-state index in [9.17, 15) is 18.4 Å². The van der Waals surface area contributed by atoms with E-state index in [1.165, 1.54) is 17.2 Å². The molecule has 7 heteroatoms. The van der Waals surface area contributed by atoms with Gasteiger partial charge in [0, 0.05) is 21.5 Å². The highest BCUT2D eigenvalue weighted by Gasteiger charge is 2.32. The lowest BCUT2D eigenvalue weighted by molar-refractivity contribution is -0.137. The number of rotatable bonds is 7. The van der Waals surface area contributed by atoms with Crippen molar-refractivity contribution in [2.75, 3.05) is 0 Å². The minimum atomic E-state index is -4.67. The van der Waals surface area contributed by atoms with Crippen LogP contribution in [0.1, 0.15) is 33.4 Å². The van der Waals surface area contributed by atoms with Crippen LogP contribution in [-0.4, -0.2) is 9.13 Å². The molecule has 12 aromatic rings. The number of alkyl halides is 3. The first-order valence-corrected chi connectivity index (χ1v) is 24.5. The average Bonchev–Trinajstić information content (AvgIpc) is 3.92. The van der Waals surface area contributed by atoms with E-state index in [0.29, 0.717) is 16.9 Å². The molecular formula is C67H45F3N4. The molecule has 4 nitrogen and oxygen atoms in total. The second-order valence-corrected chi connectivity index (χ2v) is 19.4. The highest BCUT2D eigenvalue weighted by molar-refractivity contribution is 6.14. The molecule has 0 aliphatic rings. The Morgan fingerprint density at radius 3 is 1.03 bits per heavy atom. The number of benzene rings is 10. The Balaban J connectivity index is 1.21. The molecular weight excluding hydrogens is 918 g/mol. The standard InChI is InChI=1S/C67H45F3N4/c1-40-6-14-44(15-7-40)48-22-28-61-56(33-48)57-34-49(45-16-8-41(2)9-17-45)23-29-62(57)73(61)65-37-55(54-27-26-53(67(68,69)70)32-52(54)39-71)60(72-5)38-66(65)74-63-30-24-50(46-18-10-42(3)11-19-46)35-58(63)59-36-51(25-31-64(59)74)47-20-12-43(4)13-21-47/h6-38H,1-4H3. The summed E-state index contributed by atoms with van der Waals surface area (Å²) in [7, 11) is 0. The molecule has 0 aliphatic carbocycles. The van der Waals surface area contributed by atoms with Crippen molar-refractivity contribution < 1.29 is 13.2 Å². The van der Waals surface area contributed by atoms with Crippen LogP contribution in [0, 0.1) is 45.6 Å². The van der Waals surface area contributed by atoms with Crippen LogP contribution in [0.2, 0.25) is 0 Å². The van der Waals surface area contributed by atoms with E-state index < -0.39 is 11.7 Å². The van der Waals surface area contributed by atoms with Crippen molar-refractivity contribution >= 4 is 49.3 Å². The molecule has 0 atom stereocenters. The maximum atomic E-state index is 14.2. The van der Waals surface area contributed by atoms with Crippen LogP contribution < -0.4 is 0 Å². The highest BCUT2D eigenvalue weighted by atomic mass is 19.4. The van der Waals surface area contributed by atoms with Gasteiger partial charge in [-0.15, -0.1) is 0 Å². The molecule has 0 fully saturated rings. The van der Waals surface area contributed by atoms with Gasteiger partial charge in [-0.25, -0.2) is 4.85 Å². The Morgan fingerprint density at radius 1 is 0.392 bits per heavy atom. The van der Waals surface area contributed by atoms with Crippen LogP contribution in [0.5, 0.6) is 0 Å². The highest BCUT2D eigenvalue weighted by Crippen LogP contribution is 2.46. The van der Waals surface area contributed by atoms with E-state index >= 15 is 0 Å². The summed E-state index contributed by atoms with van der Waals surface area (Å²) < 4.78 is 47.1. The lowest BCUT2D eigenvalue weighted by atomic mass is 9.95. The third-order valence-corrected chi connectivity index (χ3v) is 14.5. The number of aryl methyl sites for hydroxylation is 4. The van der Waals surface area contributed by atoms with Crippen molar-refractivity contribution in [1.82, 2.24) is 9.13 Å². The topological polar surface area (TPSA) is 38.0 Å². The van der Waals surface area contributed by atoms with Crippen LogP contribution in [-0.2, 0) is 6.18 Å². The molecule has 354 valence electrons. The summed E-state index contributed by atoms with van der Waals surface area (Å²) in [5, 5.41) is 14.5. The summed E-state index contributed by atoms with van der Waals surface area (Å²) in [6.07, 6.45) is -4.67. The van der Waals surface area contributed by atoms with Crippen molar-refractivity contribution in [1.29, 1.82) is 5.26 Å². The normalized spacial score (nSPS) is 11.7. The molecule has 0 amide bonds. The lowest BCUT2D eigenvalue weighted by Gasteiger charge is -2.20. The van der Waals surface area contributed by atoms with Gasteiger partial charge in [-0.05, 0) is 156 Å². The molecule has 2 aromatic heterocycles. The van der Waals surface area contributed by atoms with Crippen molar-refractivity contribution in [3.05, 3.63) is 245 Å². The van der Waals surface area contributed by atoms with E-state index in [1.807, 2.05) is 18.2 Å². The zero-order valence-corrected chi connectivity index (χ0v) is 41.0. The Hall–Kier alpha value is -9.43. The van der Waals surface area contributed by atoms with Gasteiger partial charge in [0.25, 0.3) is 0 Å². The molecule has 0 radical (unpaired) electrons. The van der Waals surface area contributed by atoms with Crippen LogP contribution in [0.4, 0.5) is 18.9 Å². The molecule has 0 aliphatic heterocycles.